The van der Waals surface area contributed by atoms with Gasteiger partial charge in [-0.1, -0.05) is 0 Å². The first kappa shape index (κ1) is 16.0. The van der Waals surface area contributed by atoms with Crippen molar-refractivity contribution in [3.8, 4) is 0 Å². The van der Waals surface area contributed by atoms with Crippen molar-refractivity contribution in [2.75, 3.05) is 6.54 Å². The van der Waals surface area contributed by atoms with Gasteiger partial charge in [-0.05, 0) is 50.8 Å². The Kier molecular flexibility index (Phi) is 6.13. The van der Waals surface area contributed by atoms with Crippen LogP contribution < -0.4 is 5.32 Å². The number of carbonyl (C=O) groups excluding carboxylic acids is 1. The third-order valence-electron chi connectivity index (χ3n) is 2.04. The molecule has 8 heteroatoms. The van der Waals surface area contributed by atoms with Gasteiger partial charge in [0.05, 0.1) is 8.66 Å². The molecule has 1 amide bonds. The fourth-order valence-electron chi connectivity index (χ4n) is 1.20. The highest BCUT2D eigenvalue weighted by molar-refractivity contribution is 9.13. The largest absolute Gasteiger partial charge is 0.389 e. The molecular formula is C10H10Br2F3NOS. The van der Waals surface area contributed by atoms with Crippen LogP contribution in [0.15, 0.2) is 14.3 Å². The summed E-state index contributed by atoms with van der Waals surface area (Å²) in [5.74, 6) is -0.265. The van der Waals surface area contributed by atoms with Gasteiger partial charge in [-0.2, -0.15) is 13.2 Å². The lowest BCUT2D eigenvalue weighted by molar-refractivity contribution is -0.135. The lowest BCUT2D eigenvalue weighted by Gasteiger charge is -2.06. The van der Waals surface area contributed by atoms with Crippen LogP contribution in [0.25, 0.3) is 0 Å². The average Bonchev–Trinajstić information content (AvgIpc) is 2.57. The molecule has 0 aliphatic carbocycles. The first-order chi connectivity index (χ1) is 8.29. The average molecular weight is 409 g/mol. The van der Waals surface area contributed by atoms with E-state index in [2.05, 4.69) is 37.2 Å². The van der Waals surface area contributed by atoms with E-state index in [1.165, 1.54) is 11.3 Å². The Labute approximate surface area is 123 Å². The van der Waals surface area contributed by atoms with Crippen LogP contribution in [0.5, 0.6) is 0 Å². The zero-order chi connectivity index (χ0) is 13.8. The van der Waals surface area contributed by atoms with Crippen LogP contribution in [0.3, 0.4) is 0 Å². The van der Waals surface area contributed by atoms with Crippen LogP contribution in [0.2, 0.25) is 0 Å². The number of carbonyl (C=O) groups is 1. The summed E-state index contributed by atoms with van der Waals surface area (Å²) < 4.78 is 37.2. The van der Waals surface area contributed by atoms with Gasteiger partial charge in [0.2, 0.25) is 0 Å². The molecule has 1 aromatic rings. The molecule has 0 fully saturated rings. The van der Waals surface area contributed by atoms with Crippen LogP contribution in [0, 0.1) is 0 Å². The Bertz CT molecular complexity index is 400. The van der Waals surface area contributed by atoms with Gasteiger partial charge in [0.15, 0.2) is 0 Å². The maximum absolute atomic E-state index is 11.9. The molecule has 1 aromatic heterocycles. The quantitative estimate of drug-likeness (QED) is 0.700. The molecule has 0 aromatic carbocycles. The van der Waals surface area contributed by atoms with Crippen molar-refractivity contribution in [3.63, 3.8) is 0 Å². The maximum Gasteiger partial charge on any atom is 0.389 e. The zero-order valence-electron chi connectivity index (χ0n) is 9.11. The summed E-state index contributed by atoms with van der Waals surface area (Å²) in [6.45, 7) is 0.252. The van der Waals surface area contributed by atoms with Gasteiger partial charge >= 0.3 is 6.18 Å². The third kappa shape index (κ3) is 5.71. The second-order valence-corrected chi connectivity index (χ2v) is 6.78. The highest BCUT2D eigenvalue weighted by Gasteiger charge is 2.25. The zero-order valence-corrected chi connectivity index (χ0v) is 13.1. The first-order valence-corrected chi connectivity index (χ1v) is 7.49. The molecule has 0 spiro atoms. The molecule has 0 unspecified atom stereocenters. The Morgan fingerprint density at radius 3 is 2.50 bits per heavy atom. The predicted molar refractivity (Wildman–Crippen MR) is 72.0 cm³/mol. The van der Waals surface area contributed by atoms with Crippen LogP contribution in [-0.4, -0.2) is 18.6 Å². The standard InChI is InChI=1S/C10H10Br2F3NOS/c11-6-5-7(18-8(6)12)9(17)16-4-2-1-3-10(13,14)15/h5H,1-4H2,(H,16,17). The van der Waals surface area contributed by atoms with Crippen LogP contribution in [0.4, 0.5) is 13.2 Å². The van der Waals surface area contributed by atoms with Crippen LogP contribution in [-0.2, 0) is 0 Å². The van der Waals surface area contributed by atoms with E-state index >= 15 is 0 Å². The van der Waals surface area contributed by atoms with Crippen molar-refractivity contribution >= 4 is 49.1 Å². The number of rotatable bonds is 5. The number of thiophene rings is 1. The smallest absolute Gasteiger partial charge is 0.351 e. The van der Waals surface area contributed by atoms with Gasteiger partial charge in [0.25, 0.3) is 5.91 Å². The molecule has 0 bridgehead atoms. The predicted octanol–water partition coefficient (Wildman–Crippen LogP) is 4.74. The van der Waals surface area contributed by atoms with E-state index in [4.69, 9.17) is 0 Å². The number of amides is 1. The van der Waals surface area contributed by atoms with E-state index in [1.54, 1.807) is 6.07 Å². The van der Waals surface area contributed by atoms with Crippen molar-refractivity contribution in [3.05, 3.63) is 19.2 Å². The first-order valence-electron chi connectivity index (χ1n) is 5.09. The summed E-state index contributed by atoms with van der Waals surface area (Å²) in [7, 11) is 0. The van der Waals surface area contributed by atoms with E-state index in [1.807, 2.05) is 0 Å². The molecule has 2 nitrogen and oxygen atoms in total. The van der Waals surface area contributed by atoms with Crippen molar-refractivity contribution in [1.82, 2.24) is 5.32 Å². The summed E-state index contributed by atoms with van der Waals surface area (Å²) in [4.78, 5) is 12.1. The SMILES string of the molecule is O=C(NCCCCC(F)(F)F)c1cc(Br)c(Br)s1. The van der Waals surface area contributed by atoms with Crippen LogP contribution >= 0.6 is 43.2 Å². The lowest BCUT2D eigenvalue weighted by atomic mass is 10.2. The van der Waals surface area contributed by atoms with Gasteiger partial charge < -0.3 is 5.32 Å². The number of halogens is 5. The molecule has 1 rings (SSSR count). The molecule has 1 heterocycles. The minimum absolute atomic E-state index is 0.0294. The van der Waals surface area contributed by atoms with E-state index in [-0.39, 0.29) is 18.9 Å². The van der Waals surface area contributed by atoms with Crippen molar-refractivity contribution in [2.24, 2.45) is 0 Å². The molecule has 18 heavy (non-hydrogen) atoms. The monoisotopic (exact) mass is 407 g/mol. The highest BCUT2D eigenvalue weighted by atomic mass is 79.9. The van der Waals surface area contributed by atoms with E-state index in [0.717, 1.165) is 8.26 Å². The molecule has 0 aliphatic rings. The van der Waals surface area contributed by atoms with E-state index < -0.39 is 12.6 Å². The summed E-state index contributed by atoms with van der Waals surface area (Å²) >= 11 is 7.79. The second kappa shape index (κ2) is 6.91. The topological polar surface area (TPSA) is 29.1 Å². The number of hydrogen-bond acceptors (Lipinski definition) is 2. The second-order valence-electron chi connectivity index (χ2n) is 3.56. The Hall–Kier alpha value is -0.0800. The van der Waals surface area contributed by atoms with Crippen molar-refractivity contribution in [2.45, 2.75) is 25.4 Å². The van der Waals surface area contributed by atoms with Gasteiger partial charge in [-0.3, -0.25) is 4.79 Å². The molecule has 0 saturated heterocycles. The maximum atomic E-state index is 11.9. The highest BCUT2D eigenvalue weighted by Crippen LogP contribution is 2.32. The Morgan fingerprint density at radius 1 is 1.33 bits per heavy atom. The molecule has 0 atom stereocenters. The van der Waals surface area contributed by atoms with Gasteiger partial charge in [0, 0.05) is 17.4 Å². The third-order valence-corrected chi connectivity index (χ3v) is 5.30. The fourth-order valence-corrected chi connectivity index (χ4v) is 3.15. The van der Waals surface area contributed by atoms with Gasteiger partial charge in [-0.15, -0.1) is 11.3 Å². The molecule has 0 radical (unpaired) electrons. The minimum Gasteiger partial charge on any atom is -0.351 e. The summed E-state index contributed by atoms with van der Waals surface area (Å²) in [6.07, 6.45) is -4.58. The molecular weight excluding hydrogens is 399 g/mol. The molecule has 1 N–H and O–H groups in total. The molecule has 0 aliphatic heterocycles. The fraction of sp³-hybridized carbons (Fsp3) is 0.500. The summed E-state index contributed by atoms with van der Waals surface area (Å²) in [5, 5.41) is 2.59. The minimum atomic E-state index is -4.12. The van der Waals surface area contributed by atoms with Gasteiger partial charge in [-0.25, -0.2) is 0 Å². The number of hydrogen-bond donors (Lipinski definition) is 1. The Balaban J connectivity index is 2.26. The lowest BCUT2D eigenvalue weighted by Crippen LogP contribution is -2.23. The van der Waals surface area contributed by atoms with Crippen molar-refractivity contribution < 1.29 is 18.0 Å². The number of unbranched alkanes of at least 4 members (excludes halogenated alkanes) is 1. The van der Waals surface area contributed by atoms with E-state index in [0.29, 0.717) is 11.3 Å². The van der Waals surface area contributed by atoms with Gasteiger partial charge in [0.1, 0.15) is 0 Å². The van der Waals surface area contributed by atoms with Crippen LogP contribution in [0.1, 0.15) is 28.9 Å². The number of nitrogens with one attached hydrogen (secondary N) is 1. The van der Waals surface area contributed by atoms with Crippen molar-refractivity contribution in [1.29, 1.82) is 0 Å². The molecule has 0 saturated carbocycles. The normalized spacial score (nSPS) is 11.6. The molecule has 102 valence electrons. The Morgan fingerprint density at radius 2 is 2.00 bits per heavy atom. The number of alkyl halides is 3. The van der Waals surface area contributed by atoms with E-state index in [9.17, 15) is 18.0 Å². The summed E-state index contributed by atoms with van der Waals surface area (Å²) in [5.41, 5.74) is 0. The summed E-state index contributed by atoms with van der Waals surface area (Å²) in [6, 6.07) is 1.67.